The third-order valence-corrected chi connectivity index (χ3v) is 6.24. The van der Waals surface area contributed by atoms with Crippen molar-refractivity contribution in [3.8, 4) is 5.75 Å². The number of hydrogen-bond donors (Lipinski definition) is 2. The molecule has 0 unspecified atom stereocenters. The van der Waals surface area contributed by atoms with Crippen molar-refractivity contribution in [3.63, 3.8) is 0 Å². The largest absolute Gasteiger partial charge is 0.491 e. The van der Waals surface area contributed by atoms with Gasteiger partial charge in [0.25, 0.3) is 0 Å². The number of nitrogens with two attached hydrogens (primary N) is 1. The quantitative estimate of drug-likeness (QED) is 0.199. The average Bonchev–Trinajstić information content (AvgIpc) is 2.78. The standard InChI is InChI=1S/C26H40N4O5/c1-18(31)28-25(29-22-8-5-19(6-9-22)15-24(32)35-26(2,3)4)30-12-11-20-16-23(33-13-14-34-27)10-7-21(20)17-30/h7,10,16,19,22H,5-6,8-9,11-15,17,27H2,1-4H3,(H,28,29,31). The maximum atomic E-state index is 12.2. The van der Waals surface area contributed by atoms with Gasteiger partial charge in [0, 0.05) is 26.4 Å². The third-order valence-electron chi connectivity index (χ3n) is 6.24. The predicted molar refractivity (Wildman–Crippen MR) is 134 cm³/mol. The number of nitrogens with one attached hydrogen (secondary N) is 1. The van der Waals surface area contributed by atoms with Gasteiger partial charge in [-0.05, 0) is 82.1 Å². The van der Waals surface area contributed by atoms with Crippen LogP contribution in [0.4, 0.5) is 0 Å². The van der Waals surface area contributed by atoms with Crippen LogP contribution in [0.2, 0.25) is 0 Å². The van der Waals surface area contributed by atoms with E-state index in [9.17, 15) is 9.59 Å². The van der Waals surface area contributed by atoms with Crippen molar-refractivity contribution in [1.29, 1.82) is 0 Å². The van der Waals surface area contributed by atoms with Gasteiger partial charge in [-0.2, -0.15) is 0 Å². The molecule has 3 N–H and O–H groups in total. The van der Waals surface area contributed by atoms with Crippen LogP contribution in [0.5, 0.6) is 5.75 Å². The fraction of sp³-hybridized carbons (Fsp3) is 0.654. The second-order valence-electron chi connectivity index (χ2n) is 10.4. The molecule has 0 aromatic heterocycles. The lowest BCUT2D eigenvalue weighted by atomic mass is 9.84. The molecule has 0 radical (unpaired) electrons. The number of carbonyl (C=O) groups is 2. The number of nitrogens with zero attached hydrogens (tertiary/aromatic N) is 2. The van der Waals surface area contributed by atoms with E-state index in [-0.39, 0.29) is 17.9 Å². The number of guanidine groups is 1. The van der Waals surface area contributed by atoms with Crippen molar-refractivity contribution in [2.45, 2.75) is 84.4 Å². The van der Waals surface area contributed by atoms with Crippen LogP contribution in [0.25, 0.3) is 0 Å². The smallest absolute Gasteiger partial charge is 0.306 e. The summed E-state index contributed by atoms with van der Waals surface area (Å²) in [5, 5.41) is 2.96. The second kappa shape index (κ2) is 12.4. The van der Waals surface area contributed by atoms with Gasteiger partial charge < -0.3 is 19.2 Å². The number of rotatable bonds is 7. The van der Waals surface area contributed by atoms with E-state index in [0.29, 0.717) is 38.1 Å². The van der Waals surface area contributed by atoms with Crippen molar-refractivity contribution >= 4 is 17.8 Å². The molecule has 1 amide bonds. The van der Waals surface area contributed by atoms with Crippen molar-refractivity contribution < 1.29 is 23.9 Å². The van der Waals surface area contributed by atoms with Gasteiger partial charge in [-0.25, -0.2) is 10.9 Å². The highest BCUT2D eigenvalue weighted by molar-refractivity contribution is 5.96. The summed E-state index contributed by atoms with van der Waals surface area (Å²) >= 11 is 0. The van der Waals surface area contributed by atoms with Crippen LogP contribution in [0, 0.1) is 5.92 Å². The highest BCUT2D eigenvalue weighted by atomic mass is 16.6. The lowest BCUT2D eigenvalue weighted by Crippen LogP contribution is -2.46. The second-order valence-corrected chi connectivity index (χ2v) is 10.4. The number of fused-ring (bicyclic) bond motifs is 1. The molecular weight excluding hydrogens is 448 g/mol. The van der Waals surface area contributed by atoms with Gasteiger partial charge in [-0.3, -0.25) is 14.9 Å². The molecule has 9 heteroatoms. The topological polar surface area (TPSA) is 115 Å². The first-order valence-electron chi connectivity index (χ1n) is 12.5. The lowest BCUT2D eigenvalue weighted by molar-refractivity contribution is -0.156. The molecule has 194 valence electrons. The summed E-state index contributed by atoms with van der Waals surface area (Å²) < 4.78 is 11.1. The van der Waals surface area contributed by atoms with Gasteiger partial charge in [0.15, 0.2) is 0 Å². The number of ether oxygens (including phenoxy) is 2. The molecule has 1 fully saturated rings. The molecule has 0 atom stereocenters. The molecule has 2 aliphatic rings. The summed E-state index contributed by atoms with van der Waals surface area (Å²) in [4.78, 5) is 35.8. The van der Waals surface area contributed by atoms with E-state index in [1.54, 1.807) is 0 Å². The number of carbonyl (C=O) groups excluding carboxylic acids is 2. The van der Waals surface area contributed by atoms with Crippen molar-refractivity contribution in [2.75, 3.05) is 19.8 Å². The Morgan fingerprint density at radius 2 is 1.89 bits per heavy atom. The molecule has 1 heterocycles. The van der Waals surface area contributed by atoms with Crippen LogP contribution in [0.3, 0.4) is 0 Å². The third kappa shape index (κ3) is 8.81. The van der Waals surface area contributed by atoms with Crippen LogP contribution < -0.4 is 16.0 Å². The lowest BCUT2D eigenvalue weighted by Gasteiger charge is -2.33. The van der Waals surface area contributed by atoms with Crippen molar-refractivity contribution in [1.82, 2.24) is 10.2 Å². The summed E-state index contributed by atoms with van der Waals surface area (Å²) in [6, 6.07) is 6.20. The zero-order chi connectivity index (χ0) is 25.4. The van der Waals surface area contributed by atoms with Crippen LogP contribution in [-0.2, 0) is 32.1 Å². The molecular formula is C26H40N4O5. The van der Waals surface area contributed by atoms with Crippen LogP contribution in [0.1, 0.15) is 70.9 Å². The fourth-order valence-electron chi connectivity index (χ4n) is 4.63. The van der Waals surface area contributed by atoms with E-state index in [1.807, 2.05) is 26.8 Å². The number of aliphatic imine (C=N–C) groups is 1. The van der Waals surface area contributed by atoms with Gasteiger partial charge in [0.2, 0.25) is 11.9 Å². The summed E-state index contributed by atoms with van der Waals surface area (Å²) in [6.07, 6.45) is 4.95. The van der Waals surface area contributed by atoms with E-state index in [2.05, 4.69) is 27.2 Å². The highest BCUT2D eigenvalue weighted by Crippen LogP contribution is 2.30. The van der Waals surface area contributed by atoms with Crippen molar-refractivity contribution in [3.05, 3.63) is 29.3 Å². The van der Waals surface area contributed by atoms with Gasteiger partial charge in [0.05, 0.1) is 6.04 Å². The first-order chi connectivity index (χ1) is 16.6. The number of esters is 1. The van der Waals surface area contributed by atoms with Gasteiger partial charge in [0.1, 0.15) is 24.6 Å². The molecule has 9 nitrogen and oxygen atoms in total. The molecule has 1 aliphatic heterocycles. The SMILES string of the molecule is CC(=O)NC(=NC1CCC(CC(=O)OC(C)(C)C)CC1)N1CCc2cc(OCCON)ccc2C1. The number of benzene rings is 1. The summed E-state index contributed by atoms with van der Waals surface area (Å²) in [7, 11) is 0. The van der Waals surface area contributed by atoms with Crippen LogP contribution >= 0.6 is 0 Å². The molecule has 0 bridgehead atoms. The molecule has 1 aliphatic carbocycles. The van der Waals surface area contributed by atoms with Crippen molar-refractivity contribution in [2.24, 2.45) is 16.8 Å². The molecule has 1 aromatic carbocycles. The molecule has 0 saturated heterocycles. The summed E-state index contributed by atoms with van der Waals surface area (Å²) in [5.74, 6) is 6.56. The molecule has 0 spiro atoms. The molecule has 35 heavy (non-hydrogen) atoms. The Kier molecular flexibility index (Phi) is 9.51. The summed E-state index contributed by atoms with van der Waals surface area (Å²) in [6.45, 7) is 9.37. The molecule has 3 rings (SSSR count). The number of hydrogen-bond acceptors (Lipinski definition) is 7. The minimum atomic E-state index is -0.451. The summed E-state index contributed by atoms with van der Waals surface area (Å²) in [5.41, 5.74) is 1.97. The molecule has 1 aromatic rings. The zero-order valence-electron chi connectivity index (χ0n) is 21.5. The Labute approximate surface area is 208 Å². The van der Waals surface area contributed by atoms with E-state index >= 15 is 0 Å². The maximum absolute atomic E-state index is 12.2. The first-order valence-corrected chi connectivity index (χ1v) is 12.5. The molecule has 1 saturated carbocycles. The Morgan fingerprint density at radius 1 is 1.14 bits per heavy atom. The van der Waals surface area contributed by atoms with E-state index < -0.39 is 5.60 Å². The van der Waals surface area contributed by atoms with Gasteiger partial charge >= 0.3 is 5.97 Å². The van der Waals surface area contributed by atoms with Crippen LogP contribution in [0.15, 0.2) is 23.2 Å². The fourth-order valence-corrected chi connectivity index (χ4v) is 4.63. The minimum Gasteiger partial charge on any atom is -0.491 e. The predicted octanol–water partition coefficient (Wildman–Crippen LogP) is 3.10. The Morgan fingerprint density at radius 3 is 2.54 bits per heavy atom. The Bertz CT molecular complexity index is 903. The van der Waals surface area contributed by atoms with Crippen LogP contribution in [-0.4, -0.2) is 54.1 Å². The van der Waals surface area contributed by atoms with Gasteiger partial charge in [-0.15, -0.1) is 0 Å². The highest BCUT2D eigenvalue weighted by Gasteiger charge is 2.27. The normalized spacial score (nSPS) is 20.7. The minimum absolute atomic E-state index is 0.126. The monoisotopic (exact) mass is 488 g/mol. The van der Waals surface area contributed by atoms with Gasteiger partial charge in [-0.1, -0.05) is 6.07 Å². The Balaban J connectivity index is 1.59. The van der Waals surface area contributed by atoms with E-state index in [4.69, 9.17) is 20.4 Å². The Hall–Kier alpha value is -2.65. The zero-order valence-corrected chi connectivity index (χ0v) is 21.5. The first kappa shape index (κ1) is 26.9. The average molecular weight is 489 g/mol. The van der Waals surface area contributed by atoms with E-state index in [0.717, 1.165) is 44.4 Å². The maximum Gasteiger partial charge on any atom is 0.306 e. The van der Waals surface area contributed by atoms with E-state index in [1.165, 1.54) is 18.1 Å². The number of amides is 1.